The van der Waals surface area contributed by atoms with Gasteiger partial charge in [-0.2, -0.15) is 0 Å². The number of quaternary nitrogens is 1. The molecule has 0 unspecified atom stereocenters. The van der Waals surface area contributed by atoms with Crippen LogP contribution in [-0.2, 0) is 0 Å². The molecular formula is C21H28NO+. The molecule has 0 spiro atoms. The first-order chi connectivity index (χ1) is 11.2. The van der Waals surface area contributed by atoms with Gasteiger partial charge < -0.3 is 9.59 Å². The minimum absolute atomic E-state index is 0.0942. The summed E-state index contributed by atoms with van der Waals surface area (Å²) < 4.78 is 0.931. The summed E-state index contributed by atoms with van der Waals surface area (Å²) in [6, 6.07) is 20.8. The summed E-state index contributed by atoms with van der Waals surface area (Å²) in [5.74, 6) is 0. The quantitative estimate of drug-likeness (QED) is 0.825. The fraction of sp³-hybridized carbons (Fsp3) is 0.429. The summed E-state index contributed by atoms with van der Waals surface area (Å²) in [5, 5.41) is 11.2. The summed E-state index contributed by atoms with van der Waals surface area (Å²) in [6.07, 6.45) is 4.66. The lowest BCUT2D eigenvalue weighted by atomic mass is 9.92. The summed E-state index contributed by atoms with van der Waals surface area (Å²) in [5.41, 5.74) is 2.26. The number of aliphatic hydroxyl groups is 1. The fourth-order valence-corrected chi connectivity index (χ4v) is 4.06. The smallest absolute Gasteiger partial charge is 0.145 e. The molecule has 0 aromatic heterocycles. The lowest BCUT2D eigenvalue weighted by Crippen LogP contribution is -2.49. The third-order valence-corrected chi connectivity index (χ3v) is 5.34. The van der Waals surface area contributed by atoms with Crippen molar-refractivity contribution in [3.05, 3.63) is 71.8 Å². The van der Waals surface area contributed by atoms with Crippen molar-refractivity contribution < 1.29 is 9.59 Å². The van der Waals surface area contributed by atoms with Gasteiger partial charge in [-0.25, -0.2) is 0 Å². The van der Waals surface area contributed by atoms with Gasteiger partial charge in [0.15, 0.2) is 0 Å². The maximum absolute atomic E-state index is 11.2. The Balaban J connectivity index is 2.00. The molecule has 2 atom stereocenters. The van der Waals surface area contributed by atoms with E-state index < -0.39 is 6.10 Å². The molecule has 3 rings (SSSR count). The number of likely N-dealkylation sites (N-methyl/N-ethyl adjacent to an activating group) is 1. The Morgan fingerprint density at radius 3 is 1.74 bits per heavy atom. The predicted octanol–water partition coefficient (Wildman–Crippen LogP) is 4.48. The van der Waals surface area contributed by atoms with E-state index in [2.05, 4.69) is 37.4 Å². The van der Waals surface area contributed by atoms with Crippen LogP contribution in [-0.4, -0.2) is 29.7 Å². The third-order valence-electron chi connectivity index (χ3n) is 5.34. The Labute approximate surface area is 140 Å². The lowest BCUT2D eigenvalue weighted by Gasteiger charge is -2.43. The SMILES string of the molecule is C[N+]1([C@H](c2ccccc2)[C@H](O)c2ccccc2)CCCCCC1. The van der Waals surface area contributed by atoms with Gasteiger partial charge in [0.2, 0.25) is 0 Å². The number of likely N-dealkylation sites (tertiary alicyclic amines) is 1. The molecular weight excluding hydrogens is 282 g/mol. The molecule has 0 radical (unpaired) electrons. The Hall–Kier alpha value is -1.64. The molecule has 23 heavy (non-hydrogen) atoms. The zero-order chi connectivity index (χ0) is 16.1. The Morgan fingerprint density at radius 2 is 1.22 bits per heavy atom. The van der Waals surface area contributed by atoms with Gasteiger partial charge in [0.25, 0.3) is 0 Å². The third kappa shape index (κ3) is 3.65. The highest BCUT2D eigenvalue weighted by Crippen LogP contribution is 2.39. The molecule has 1 saturated heterocycles. The van der Waals surface area contributed by atoms with Crippen LogP contribution < -0.4 is 0 Å². The summed E-state index contributed by atoms with van der Waals surface area (Å²) in [4.78, 5) is 0. The van der Waals surface area contributed by atoms with Crippen LogP contribution in [0.2, 0.25) is 0 Å². The van der Waals surface area contributed by atoms with Crippen molar-refractivity contribution in [1.82, 2.24) is 0 Å². The molecule has 2 aromatic rings. The molecule has 0 amide bonds. The summed E-state index contributed by atoms with van der Waals surface area (Å²) in [7, 11) is 2.33. The van der Waals surface area contributed by atoms with E-state index in [1.54, 1.807) is 0 Å². The normalized spacial score (nSPS) is 20.4. The molecule has 2 aromatic carbocycles. The van der Waals surface area contributed by atoms with Gasteiger partial charge in [-0.1, -0.05) is 60.7 Å². The number of benzene rings is 2. The average molecular weight is 310 g/mol. The van der Waals surface area contributed by atoms with Crippen LogP contribution in [0, 0.1) is 0 Å². The van der Waals surface area contributed by atoms with Gasteiger partial charge in [-0.05, 0) is 31.2 Å². The second-order valence-electron chi connectivity index (χ2n) is 7.05. The van der Waals surface area contributed by atoms with Crippen LogP contribution in [0.3, 0.4) is 0 Å². The van der Waals surface area contributed by atoms with E-state index in [0.29, 0.717) is 0 Å². The van der Waals surface area contributed by atoms with E-state index in [1.165, 1.54) is 31.2 Å². The van der Waals surface area contributed by atoms with Crippen LogP contribution in [0.4, 0.5) is 0 Å². The molecule has 1 aliphatic rings. The number of nitrogens with zero attached hydrogens (tertiary/aromatic N) is 1. The molecule has 2 nitrogen and oxygen atoms in total. The molecule has 0 bridgehead atoms. The Kier molecular flexibility index (Phi) is 5.14. The van der Waals surface area contributed by atoms with Crippen LogP contribution in [0.1, 0.15) is 49.0 Å². The zero-order valence-corrected chi connectivity index (χ0v) is 14.1. The largest absolute Gasteiger partial charge is 0.382 e. The van der Waals surface area contributed by atoms with E-state index in [4.69, 9.17) is 0 Å². The first-order valence-electron chi connectivity index (χ1n) is 8.83. The Morgan fingerprint density at radius 1 is 0.739 bits per heavy atom. The van der Waals surface area contributed by atoms with Crippen molar-refractivity contribution in [1.29, 1.82) is 0 Å². The van der Waals surface area contributed by atoms with E-state index in [1.807, 2.05) is 30.3 Å². The standard InChI is InChI=1S/C21H28NO/c1-22(16-10-2-3-11-17-22)20(18-12-6-4-7-13-18)21(23)19-14-8-5-9-15-19/h4-9,12-15,20-21,23H,2-3,10-11,16-17H2,1H3/q+1/t20-,21-/m1/s1. The molecule has 1 fully saturated rings. The second kappa shape index (κ2) is 7.29. The molecule has 1 N–H and O–H groups in total. The van der Waals surface area contributed by atoms with Crippen molar-refractivity contribution in [2.45, 2.75) is 37.8 Å². The highest BCUT2D eigenvalue weighted by Gasteiger charge is 2.40. The van der Waals surface area contributed by atoms with Gasteiger partial charge in [-0.15, -0.1) is 0 Å². The summed E-state index contributed by atoms with van der Waals surface area (Å²) >= 11 is 0. The fourth-order valence-electron chi connectivity index (χ4n) is 4.06. The topological polar surface area (TPSA) is 20.2 Å². The van der Waals surface area contributed by atoms with Crippen molar-refractivity contribution in [2.75, 3.05) is 20.1 Å². The maximum Gasteiger partial charge on any atom is 0.145 e. The van der Waals surface area contributed by atoms with Crippen molar-refractivity contribution in [2.24, 2.45) is 0 Å². The molecule has 1 aliphatic heterocycles. The molecule has 0 aliphatic carbocycles. The summed E-state index contributed by atoms with van der Waals surface area (Å²) in [6.45, 7) is 2.28. The number of rotatable bonds is 4. The predicted molar refractivity (Wildman–Crippen MR) is 95.0 cm³/mol. The van der Waals surface area contributed by atoms with Gasteiger partial charge in [0, 0.05) is 5.56 Å². The molecule has 1 heterocycles. The van der Waals surface area contributed by atoms with Crippen LogP contribution in [0.5, 0.6) is 0 Å². The van der Waals surface area contributed by atoms with Crippen molar-refractivity contribution in [3.8, 4) is 0 Å². The van der Waals surface area contributed by atoms with Gasteiger partial charge in [0.05, 0.1) is 20.1 Å². The average Bonchev–Trinajstić information content (AvgIpc) is 2.82. The lowest BCUT2D eigenvalue weighted by molar-refractivity contribution is -0.943. The van der Waals surface area contributed by atoms with Crippen LogP contribution in [0.25, 0.3) is 0 Å². The number of aliphatic hydroxyl groups excluding tert-OH is 1. The van der Waals surface area contributed by atoms with E-state index in [-0.39, 0.29) is 6.04 Å². The highest BCUT2D eigenvalue weighted by atomic mass is 16.3. The van der Waals surface area contributed by atoms with E-state index in [0.717, 1.165) is 23.1 Å². The monoisotopic (exact) mass is 310 g/mol. The van der Waals surface area contributed by atoms with Gasteiger partial charge in [0.1, 0.15) is 12.1 Å². The number of hydrogen-bond acceptors (Lipinski definition) is 1. The highest BCUT2D eigenvalue weighted by molar-refractivity contribution is 5.25. The van der Waals surface area contributed by atoms with Crippen molar-refractivity contribution >= 4 is 0 Å². The van der Waals surface area contributed by atoms with Gasteiger partial charge in [-0.3, -0.25) is 0 Å². The van der Waals surface area contributed by atoms with Crippen LogP contribution >= 0.6 is 0 Å². The van der Waals surface area contributed by atoms with Crippen LogP contribution in [0.15, 0.2) is 60.7 Å². The minimum Gasteiger partial charge on any atom is -0.382 e. The second-order valence-corrected chi connectivity index (χ2v) is 7.05. The number of hydrogen-bond donors (Lipinski definition) is 1. The molecule has 2 heteroatoms. The first-order valence-corrected chi connectivity index (χ1v) is 8.83. The zero-order valence-electron chi connectivity index (χ0n) is 14.1. The maximum atomic E-state index is 11.2. The molecule has 122 valence electrons. The molecule has 0 saturated carbocycles. The Bertz CT molecular complexity index is 588. The minimum atomic E-state index is -0.471. The van der Waals surface area contributed by atoms with Crippen molar-refractivity contribution in [3.63, 3.8) is 0 Å². The first kappa shape index (κ1) is 16.2. The van der Waals surface area contributed by atoms with Gasteiger partial charge >= 0.3 is 0 Å². The van der Waals surface area contributed by atoms with E-state index in [9.17, 15) is 5.11 Å². The van der Waals surface area contributed by atoms with E-state index >= 15 is 0 Å².